The van der Waals surface area contributed by atoms with Crippen LogP contribution in [0.1, 0.15) is 30.2 Å². The Kier molecular flexibility index (Phi) is 5.08. The number of thioether (sulfide) groups is 1. The van der Waals surface area contributed by atoms with Crippen LogP contribution in [0.2, 0.25) is 0 Å². The van der Waals surface area contributed by atoms with Gasteiger partial charge in [-0.1, -0.05) is 54.2 Å². The molecule has 3 rings (SSSR count). The largest absolute Gasteiger partial charge is 0.416 e. The Morgan fingerprint density at radius 3 is 2.81 bits per heavy atom. The summed E-state index contributed by atoms with van der Waals surface area (Å²) in [7, 11) is 0. The molecule has 0 bridgehead atoms. The molecule has 0 radical (unpaired) electrons. The van der Waals surface area contributed by atoms with Crippen molar-refractivity contribution in [3.05, 3.63) is 47.9 Å². The lowest BCUT2D eigenvalue weighted by Crippen LogP contribution is -2.26. The third-order valence-corrected chi connectivity index (χ3v) is 4.29. The molecule has 21 heavy (non-hydrogen) atoms. The van der Waals surface area contributed by atoms with Crippen LogP contribution >= 0.6 is 11.8 Å². The molecule has 1 aromatic carbocycles. The molecule has 0 spiro atoms. The smallest absolute Gasteiger partial charge is 0.276 e. The zero-order valence-corrected chi connectivity index (χ0v) is 12.7. The minimum Gasteiger partial charge on any atom is -0.416 e. The van der Waals surface area contributed by atoms with Crippen molar-refractivity contribution in [2.45, 2.75) is 24.0 Å². The van der Waals surface area contributed by atoms with E-state index in [1.54, 1.807) is 11.8 Å². The van der Waals surface area contributed by atoms with Crippen LogP contribution < -0.4 is 5.32 Å². The highest BCUT2D eigenvalue weighted by Gasteiger charge is 2.20. The summed E-state index contributed by atoms with van der Waals surface area (Å²) in [5.74, 6) is 2.06. The fourth-order valence-electron chi connectivity index (χ4n) is 2.38. The van der Waals surface area contributed by atoms with Gasteiger partial charge >= 0.3 is 0 Å². The second-order valence-electron chi connectivity index (χ2n) is 5.05. The normalized spacial score (nSPS) is 16.6. The number of hydrogen-bond acceptors (Lipinski definition) is 5. The Hall–Kier alpha value is -1.59. The highest BCUT2D eigenvalue weighted by Crippen LogP contribution is 2.26. The van der Waals surface area contributed by atoms with Crippen LogP contribution in [0.5, 0.6) is 0 Å². The highest BCUT2D eigenvalue weighted by atomic mass is 32.2. The van der Waals surface area contributed by atoms with Gasteiger partial charge in [0.2, 0.25) is 5.89 Å². The fourth-order valence-corrected chi connectivity index (χ4v) is 2.96. The molecule has 1 fully saturated rings. The average Bonchev–Trinajstić information content (AvgIpc) is 3.02. The van der Waals surface area contributed by atoms with Gasteiger partial charge in [-0.15, -0.1) is 10.2 Å². The first kappa shape index (κ1) is 14.4. The molecule has 1 aromatic heterocycles. The molecule has 0 aliphatic carbocycles. The van der Waals surface area contributed by atoms with Gasteiger partial charge in [0, 0.05) is 11.7 Å². The molecule has 1 N–H and O–H groups in total. The monoisotopic (exact) mass is 301 g/mol. The lowest BCUT2D eigenvalue weighted by atomic mass is 9.98. The van der Waals surface area contributed by atoms with Crippen molar-refractivity contribution in [2.75, 3.05) is 18.8 Å². The second-order valence-corrected chi connectivity index (χ2v) is 6.03. The summed E-state index contributed by atoms with van der Waals surface area (Å²) in [4.78, 5) is 0. The van der Waals surface area contributed by atoms with Crippen LogP contribution in [0.4, 0.5) is 0 Å². The quantitative estimate of drug-likeness (QED) is 0.858. The first-order valence-corrected chi connectivity index (χ1v) is 8.29. The molecule has 0 unspecified atom stereocenters. The molecule has 110 valence electrons. The summed E-state index contributed by atoms with van der Waals surface area (Å²) < 4.78 is 5.75. The standard InChI is InChI=1S/C16H19N3OS/c1-2-5-13(6-3-1)7-4-12-21-16-19-18-15(20-16)14-8-10-17-11-9-14/h1-7,14,17H,8-12H2. The maximum Gasteiger partial charge on any atom is 0.276 e. The van der Waals surface area contributed by atoms with Crippen molar-refractivity contribution in [1.82, 2.24) is 15.5 Å². The molecular weight excluding hydrogens is 282 g/mol. The van der Waals surface area contributed by atoms with Gasteiger partial charge < -0.3 is 9.73 Å². The van der Waals surface area contributed by atoms with E-state index in [1.165, 1.54) is 5.56 Å². The van der Waals surface area contributed by atoms with E-state index in [4.69, 9.17) is 4.42 Å². The third-order valence-electron chi connectivity index (χ3n) is 3.52. The molecule has 2 aromatic rings. The van der Waals surface area contributed by atoms with E-state index in [0.29, 0.717) is 11.1 Å². The zero-order chi connectivity index (χ0) is 14.3. The Morgan fingerprint density at radius 2 is 2.00 bits per heavy atom. The van der Waals surface area contributed by atoms with Crippen LogP contribution in [0.15, 0.2) is 46.0 Å². The average molecular weight is 301 g/mol. The van der Waals surface area contributed by atoms with E-state index in [0.717, 1.165) is 37.6 Å². The number of aromatic nitrogens is 2. The van der Waals surface area contributed by atoms with Gasteiger partial charge in [-0.2, -0.15) is 0 Å². The predicted octanol–water partition coefficient (Wildman–Crippen LogP) is 3.34. The Morgan fingerprint density at radius 1 is 1.19 bits per heavy atom. The summed E-state index contributed by atoms with van der Waals surface area (Å²) >= 11 is 1.58. The second kappa shape index (κ2) is 7.43. The number of nitrogens with one attached hydrogen (secondary N) is 1. The Bertz CT molecular complexity index is 576. The third kappa shape index (κ3) is 4.19. The van der Waals surface area contributed by atoms with Gasteiger partial charge in [0.25, 0.3) is 5.22 Å². The minimum absolute atomic E-state index is 0.424. The number of rotatable bonds is 5. The minimum atomic E-state index is 0.424. The van der Waals surface area contributed by atoms with Crippen molar-refractivity contribution < 1.29 is 4.42 Å². The molecule has 5 heteroatoms. The number of hydrogen-bond donors (Lipinski definition) is 1. The summed E-state index contributed by atoms with van der Waals surface area (Å²) in [6.07, 6.45) is 6.39. The number of benzene rings is 1. The summed E-state index contributed by atoms with van der Waals surface area (Å²) in [6.45, 7) is 2.07. The lowest BCUT2D eigenvalue weighted by molar-refractivity contribution is 0.342. The Balaban J connectivity index is 1.49. The van der Waals surface area contributed by atoms with Gasteiger partial charge in [-0.25, -0.2) is 0 Å². The summed E-state index contributed by atoms with van der Waals surface area (Å²) in [5.41, 5.74) is 1.21. The molecule has 1 aliphatic rings. The predicted molar refractivity (Wildman–Crippen MR) is 85.3 cm³/mol. The number of piperidine rings is 1. The molecule has 0 amide bonds. The maximum absolute atomic E-state index is 5.75. The zero-order valence-electron chi connectivity index (χ0n) is 11.9. The van der Waals surface area contributed by atoms with Gasteiger partial charge in [-0.05, 0) is 31.5 Å². The maximum atomic E-state index is 5.75. The van der Waals surface area contributed by atoms with E-state index in [-0.39, 0.29) is 0 Å². The first-order chi connectivity index (χ1) is 10.4. The van der Waals surface area contributed by atoms with E-state index in [9.17, 15) is 0 Å². The van der Waals surface area contributed by atoms with Crippen molar-refractivity contribution in [3.63, 3.8) is 0 Å². The van der Waals surface area contributed by atoms with Gasteiger partial charge in [0.1, 0.15) is 0 Å². The molecular formula is C16H19N3OS. The molecule has 4 nitrogen and oxygen atoms in total. The fraction of sp³-hybridized carbons (Fsp3) is 0.375. The van der Waals surface area contributed by atoms with Gasteiger partial charge in [0.15, 0.2) is 0 Å². The van der Waals surface area contributed by atoms with Gasteiger partial charge in [0.05, 0.1) is 0 Å². The molecule has 1 aliphatic heterocycles. The van der Waals surface area contributed by atoms with Crippen LogP contribution in [-0.2, 0) is 0 Å². The molecule has 1 saturated heterocycles. The Labute approximate surface area is 129 Å². The van der Waals surface area contributed by atoms with Gasteiger partial charge in [-0.3, -0.25) is 0 Å². The van der Waals surface area contributed by atoms with Crippen LogP contribution in [0.25, 0.3) is 6.08 Å². The topological polar surface area (TPSA) is 51.0 Å². The molecule has 2 heterocycles. The van der Waals surface area contributed by atoms with E-state index < -0.39 is 0 Å². The summed E-state index contributed by atoms with van der Waals surface area (Å²) in [5, 5.41) is 12.3. The molecule has 0 atom stereocenters. The van der Waals surface area contributed by atoms with Crippen molar-refractivity contribution in [3.8, 4) is 0 Å². The van der Waals surface area contributed by atoms with Crippen LogP contribution in [0, 0.1) is 0 Å². The van der Waals surface area contributed by atoms with Crippen molar-refractivity contribution in [2.24, 2.45) is 0 Å². The lowest BCUT2D eigenvalue weighted by Gasteiger charge is -2.18. The van der Waals surface area contributed by atoms with E-state index >= 15 is 0 Å². The number of nitrogens with zero attached hydrogens (tertiary/aromatic N) is 2. The van der Waals surface area contributed by atoms with Crippen LogP contribution in [-0.4, -0.2) is 29.0 Å². The SMILES string of the molecule is C(=Cc1ccccc1)CSc1nnc(C2CCNCC2)o1. The highest BCUT2D eigenvalue weighted by molar-refractivity contribution is 7.99. The van der Waals surface area contributed by atoms with E-state index in [2.05, 4.69) is 39.8 Å². The first-order valence-electron chi connectivity index (χ1n) is 7.30. The van der Waals surface area contributed by atoms with Crippen molar-refractivity contribution in [1.29, 1.82) is 0 Å². The van der Waals surface area contributed by atoms with E-state index in [1.807, 2.05) is 18.2 Å². The molecule has 0 saturated carbocycles. The van der Waals surface area contributed by atoms with Crippen molar-refractivity contribution >= 4 is 17.8 Å². The van der Waals surface area contributed by atoms with Crippen LogP contribution in [0.3, 0.4) is 0 Å². The summed E-state index contributed by atoms with van der Waals surface area (Å²) in [6, 6.07) is 10.3.